The monoisotopic (exact) mass is 492 g/mol. The standard InChI is InChI=1S/C29H28N6S/c1-6-7-23(20-10-11-36-16-20)24-13-27(32-19(24)5)29-28-26(34-35-29)9-8-25(33-28)21-12-22(15-30-14-21)31-18(4)17(2)3/h6-17,31-32H,1,4H2,2-3,5H3,(H,34,35)/b23-7-. The van der Waals surface area contributed by atoms with Crippen molar-refractivity contribution in [3.05, 3.63) is 101 Å². The van der Waals surface area contributed by atoms with Gasteiger partial charge in [-0.3, -0.25) is 10.1 Å². The van der Waals surface area contributed by atoms with E-state index < -0.39 is 0 Å². The second kappa shape index (κ2) is 9.79. The number of aromatic amines is 2. The van der Waals surface area contributed by atoms with Gasteiger partial charge >= 0.3 is 0 Å². The van der Waals surface area contributed by atoms with Crippen LogP contribution in [0, 0.1) is 12.8 Å². The molecule has 36 heavy (non-hydrogen) atoms. The van der Waals surface area contributed by atoms with Gasteiger partial charge in [0.2, 0.25) is 0 Å². The molecule has 0 aliphatic heterocycles. The Balaban J connectivity index is 1.53. The molecule has 180 valence electrons. The molecule has 0 fully saturated rings. The largest absolute Gasteiger partial charge is 0.358 e. The summed E-state index contributed by atoms with van der Waals surface area (Å²) in [5, 5.41) is 15.3. The molecule has 0 aromatic carbocycles. The van der Waals surface area contributed by atoms with Crippen molar-refractivity contribution in [3.63, 3.8) is 0 Å². The maximum Gasteiger partial charge on any atom is 0.135 e. The van der Waals surface area contributed by atoms with E-state index in [0.29, 0.717) is 5.92 Å². The van der Waals surface area contributed by atoms with Crippen LogP contribution in [0.15, 0.2) is 84.5 Å². The molecule has 3 N–H and O–H groups in total. The quantitative estimate of drug-likeness (QED) is 0.195. The molecule has 0 amide bonds. The van der Waals surface area contributed by atoms with Crippen molar-refractivity contribution in [2.24, 2.45) is 5.92 Å². The van der Waals surface area contributed by atoms with Crippen LogP contribution < -0.4 is 5.32 Å². The van der Waals surface area contributed by atoms with Crippen molar-refractivity contribution in [1.29, 1.82) is 0 Å². The van der Waals surface area contributed by atoms with E-state index in [9.17, 15) is 0 Å². The van der Waals surface area contributed by atoms with Gasteiger partial charge in [-0.1, -0.05) is 39.2 Å². The number of aromatic nitrogens is 5. The Bertz CT molecular complexity index is 1580. The zero-order chi connectivity index (χ0) is 25.2. The fourth-order valence-electron chi connectivity index (χ4n) is 4.07. The van der Waals surface area contributed by atoms with Gasteiger partial charge in [0.1, 0.15) is 11.2 Å². The fourth-order valence-corrected chi connectivity index (χ4v) is 4.72. The Hall–Kier alpha value is -4.23. The number of anilines is 1. The summed E-state index contributed by atoms with van der Waals surface area (Å²) >= 11 is 1.68. The number of hydrogen-bond acceptors (Lipinski definition) is 5. The van der Waals surface area contributed by atoms with Gasteiger partial charge in [0, 0.05) is 28.7 Å². The molecule has 5 heterocycles. The van der Waals surface area contributed by atoms with Crippen molar-refractivity contribution in [3.8, 4) is 22.6 Å². The zero-order valence-electron chi connectivity index (χ0n) is 20.6. The van der Waals surface area contributed by atoms with Crippen molar-refractivity contribution in [2.45, 2.75) is 20.8 Å². The summed E-state index contributed by atoms with van der Waals surface area (Å²) in [7, 11) is 0. The topological polar surface area (TPSA) is 82.3 Å². The van der Waals surface area contributed by atoms with Gasteiger partial charge in [0.25, 0.3) is 0 Å². The van der Waals surface area contributed by atoms with Crippen molar-refractivity contribution in [1.82, 2.24) is 25.1 Å². The van der Waals surface area contributed by atoms with Crippen LogP contribution in [-0.4, -0.2) is 25.1 Å². The molecule has 0 saturated heterocycles. The lowest BCUT2D eigenvalue weighted by Crippen LogP contribution is -2.04. The minimum atomic E-state index is 0.326. The number of aryl methyl sites for hydroxylation is 1. The Morgan fingerprint density at radius 1 is 1.17 bits per heavy atom. The van der Waals surface area contributed by atoms with Crippen molar-refractivity contribution >= 4 is 33.6 Å². The van der Waals surface area contributed by atoms with Crippen LogP contribution in [0.5, 0.6) is 0 Å². The van der Waals surface area contributed by atoms with Gasteiger partial charge in [-0.15, -0.1) is 0 Å². The predicted octanol–water partition coefficient (Wildman–Crippen LogP) is 7.58. The number of rotatable bonds is 8. The molecule has 0 aliphatic carbocycles. The third-order valence-corrected chi connectivity index (χ3v) is 6.80. The summed E-state index contributed by atoms with van der Waals surface area (Å²) in [6.07, 6.45) is 7.48. The lowest BCUT2D eigenvalue weighted by atomic mass is 10.00. The third-order valence-electron chi connectivity index (χ3n) is 6.12. The first kappa shape index (κ1) is 23.5. The summed E-state index contributed by atoms with van der Waals surface area (Å²) in [5.41, 5.74) is 11.4. The van der Waals surface area contributed by atoms with Crippen molar-refractivity contribution < 1.29 is 0 Å². The summed E-state index contributed by atoms with van der Waals surface area (Å²) in [5.74, 6) is 0.326. The first-order valence-electron chi connectivity index (χ1n) is 11.8. The van der Waals surface area contributed by atoms with E-state index in [1.54, 1.807) is 17.5 Å². The highest BCUT2D eigenvalue weighted by Crippen LogP contribution is 2.34. The Morgan fingerprint density at radius 3 is 2.78 bits per heavy atom. The number of thiophene rings is 1. The van der Waals surface area contributed by atoms with Crippen molar-refractivity contribution in [2.75, 3.05) is 5.32 Å². The molecule has 5 aromatic heterocycles. The van der Waals surface area contributed by atoms with Crippen LogP contribution >= 0.6 is 11.3 Å². The van der Waals surface area contributed by atoms with E-state index in [2.05, 4.69) is 82.3 Å². The molecule has 0 saturated carbocycles. The van der Waals surface area contributed by atoms with Gasteiger partial charge in [-0.05, 0) is 65.1 Å². The molecule has 0 radical (unpaired) electrons. The van der Waals surface area contributed by atoms with Crippen LogP contribution in [0.2, 0.25) is 0 Å². The number of pyridine rings is 2. The van der Waals surface area contributed by atoms with Gasteiger partial charge in [-0.25, -0.2) is 4.98 Å². The lowest BCUT2D eigenvalue weighted by molar-refractivity contribution is 0.778. The summed E-state index contributed by atoms with van der Waals surface area (Å²) in [6.45, 7) is 14.3. The van der Waals surface area contributed by atoms with E-state index in [1.165, 1.54) is 5.56 Å². The van der Waals surface area contributed by atoms with Gasteiger partial charge in [0.15, 0.2) is 0 Å². The molecule has 0 spiro atoms. The van der Waals surface area contributed by atoms with Crippen LogP contribution in [-0.2, 0) is 0 Å². The van der Waals surface area contributed by atoms with E-state index in [-0.39, 0.29) is 0 Å². The molecular weight excluding hydrogens is 464 g/mol. The predicted molar refractivity (Wildman–Crippen MR) is 151 cm³/mol. The molecule has 0 bridgehead atoms. The van der Waals surface area contributed by atoms with E-state index in [4.69, 9.17) is 4.98 Å². The highest BCUT2D eigenvalue weighted by molar-refractivity contribution is 7.08. The summed E-state index contributed by atoms with van der Waals surface area (Å²) in [6, 6.07) is 10.3. The zero-order valence-corrected chi connectivity index (χ0v) is 21.4. The molecule has 6 nitrogen and oxygen atoms in total. The number of H-pyrrole nitrogens is 2. The SMILES string of the molecule is C=C/C=C(/c1ccsc1)c1cc(-c2n[nH]c3ccc(-c4cncc(NC(=C)C(C)C)c4)nc23)[nH]c1C. The van der Waals surface area contributed by atoms with Gasteiger partial charge < -0.3 is 10.3 Å². The summed E-state index contributed by atoms with van der Waals surface area (Å²) < 4.78 is 0. The molecule has 7 heteroatoms. The Labute approximate surface area is 214 Å². The third kappa shape index (κ3) is 4.53. The number of fused-ring (bicyclic) bond motifs is 1. The molecule has 0 unspecified atom stereocenters. The molecule has 0 aliphatic rings. The maximum absolute atomic E-state index is 4.97. The normalized spacial score (nSPS) is 11.8. The fraction of sp³-hybridized carbons (Fsp3) is 0.138. The van der Waals surface area contributed by atoms with Crippen LogP contribution in [0.25, 0.3) is 39.3 Å². The number of hydrogen-bond donors (Lipinski definition) is 3. The van der Waals surface area contributed by atoms with E-state index in [1.807, 2.05) is 36.5 Å². The number of nitrogens with one attached hydrogen (secondary N) is 3. The van der Waals surface area contributed by atoms with Gasteiger partial charge in [0.05, 0.1) is 28.8 Å². The first-order valence-corrected chi connectivity index (χ1v) is 12.7. The van der Waals surface area contributed by atoms with E-state index >= 15 is 0 Å². The highest BCUT2D eigenvalue weighted by Gasteiger charge is 2.17. The average Bonchev–Trinajstić information content (AvgIpc) is 3.62. The van der Waals surface area contributed by atoms with Crippen LogP contribution in [0.4, 0.5) is 5.69 Å². The molecular formula is C29H28N6S. The second-order valence-corrected chi connectivity index (χ2v) is 9.76. The van der Waals surface area contributed by atoms with E-state index in [0.717, 1.165) is 61.9 Å². The summed E-state index contributed by atoms with van der Waals surface area (Å²) in [4.78, 5) is 12.9. The van der Waals surface area contributed by atoms with Gasteiger partial charge in [-0.2, -0.15) is 16.4 Å². The first-order chi connectivity index (χ1) is 17.4. The minimum absolute atomic E-state index is 0.326. The average molecular weight is 493 g/mol. The maximum atomic E-state index is 4.97. The second-order valence-electron chi connectivity index (χ2n) is 8.98. The minimum Gasteiger partial charge on any atom is -0.358 e. The molecule has 5 aromatic rings. The Morgan fingerprint density at radius 2 is 2.03 bits per heavy atom. The number of nitrogens with zero attached hydrogens (tertiary/aromatic N) is 3. The van der Waals surface area contributed by atoms with Crippen LogP contribution in [0.1, 0.15) is 30.7 Å². The molecule has 0 atom stereocenters. The van der Waals surface area contributed by atoms with Crippen LogP contribution in [0.3, 0.4) is 0 Å². The molecule has 5 rings (SSSR count). The lowest BCUT2D eigenvalue weighted by Gasteiger charge is -2.13. The highest BCUT2D eigenvalue weighted by atomic mass is 32.1. The Kier molecular flexibility index (Phi) is 6.40. The number of allylic oxidation sites excluding steroid dienone is 3. The smallest absolute Gasteiger partial charge is 0.135 e.